The third-order valence-corrected chi connectivity index (χ3v) is 2.15. The maximum Gasteiger partial charge on any atom is 0.469 e. The van der Waals surface area contributed by atoms with Crippen LogP contribution in [0.4, 0.5) is 0 Å². The Labute approximate surface area is 74.1 Å². The predicted octanol–water partition coefficient (Wildman–Crippen LogP) is -1.78. The summed E-state index contributed by atoms with van der Waals surface area (Å²) in [6, 6.07) is 0. The summed E-state index contributed by atoms with van der Waals surface area (Å²) in [5.74, 6) is 0. The molecule has 0 aromatic carbocycles. The Morgan fingerprint density at radius 2 is 2.08 bits per heavy atom. The Hall–Kier alpha value is -0.0100. The summed E-state index contributed by atoms with van der Waals surface area (Å²) in [5.41, 5.74) is 0. The van der Waals surface area contributed by atoms with Crippen LogP contribution >= 0.6 is 7.82 Å². The van der Waals surface area contributed by atoms with E-state index in [2.05, 4.69) is 4.52 Å². The van der Waals surface area contributed by atoms with Crippen LogP contribution in [0, 0.1) is 0 Å². The summed E-state index contributed by atoms with van der Waals surface area (Å²) < 4.78 is 19.2. The molecule has 78 valence electrons. The molecule has 13 heavy (non-hydrogen) atoms. The molecule has 0 aromatic rings. The molecule has 0 amide bonds. The molecular weight excluding hydrogens is 203 g/mol. The maximum absolute atomic E-state index is 10.2. The van der Waals surface area contributed by atoms with Crippen LogP contribution in [0.15, 0.2) is 0 Å². The minimum atomic E-state index is -4.54. The maximum atomic E-state index is 10.2. The normalized spacial score (nSPS) is 35.2. The van der Waals surface area contributed by atoms with Gasteiger partial charge in [0.1, 0.15) is 18.3 Å². The van der Waals surface area contributed by atoms with Crippen molar-refractivity contribution in [2.75, 3.05) is 13.2 Å². The fraction of sp³-hybridized carbons (Fsp3) is 1.00. The molecule has 1 rings (SSSR count). The summed E-state index contributed by atoms with van der Waals surface area (Å²) in [4.78, 5) is 16.6. The molecule has 0 radical (unpaired) electrons. The monoisotopic (exact) mass is 214 g/mol. The molecule has 0 bridgehead atoms. The molecule has 1 fully saturated rings. The number of phosphoric acid groups is 1. The van der Waals surface area contributed by atoms with Crippen molar-refractivity contribution < 1.29 is 33.8 Å². The quantitative estimate of drug-likeness (QED) is 0.410. The van der Waals surface area contributed by atoms with Gasteiger partial charge in [-0.1, -0.05) is 0 Å². The van der Waals surface area contributed by atoms with Crippen LogP contribution in [-0.2, 0) is 13.8 Å². The highest BCUT2D eigenvalue weighted by molar-refractivity contribution is 7.46. The summed E-state index contributed by atoms with van der Waals surface area (Å²) in [6.07, 6.45) is -3.07. The summed E-state index contributed by atoms with van der Waals surface area (Å²) in [5, 5.41) is 18.1. The largest absolute Gasteiger partial charge is 0.469 e. The number of aliphatic hydroxyl groups is 2. The Morgan fingerprint density at radius 3 is 2.46 bits per heavy atom. The van der Waals surface area contributed by atoms with Crippen LogP contribution in [0.2, 0.25) is 0 Å². The van der Waals surface area contributed by atoms with Crippen LogP contribution < -0.4 is 0 Å². The smallest absolute Gasteiger partial charge is 0.388 e. The van der Waals surface area contributed by atoms with Gasteiger partial charge in [0.25, 0.3) is 0 Å². The molecule has 0 spiro atoms. The number of phosphoric ester groups is 1. The van der Waals surface area contributed by atoms with Crippen molar-refractivity contribution in [1.29, 1.82) is 0 Å². The van der Waals surface area contributed by atoms with Crippen molar-refractivity contribution >= 4 is 7.82 Å². The van der Waals surface area contributed by atoms with Gasteiger partial charge in [0, 0.05) is 0 Å². The standard InChI is InChI=1S/C5H11O7P/c6-3-1-11-4(5(3)7)2-12-13(8,9)10/h3-7H,1-2H2,(H2,8,9,10)/t3-,4+,5+/m0/s1. The van der Waals surface area contributed by atoms with E-state index in [0.29, 0.717) is 0 Å². The number of ether oxygens (including phenoxy) is 1. The Bertz CT molecular complexity index is 213. The second-order valence-corrected chi connectivity index (χ2v) is 3.96. The van der Waals surface area contributed by atoms with Gasteiger partial charge in [0.05, 0.1) is 13.2 Å². The number of rotatable bonds is 3. The molecule has 3 atom stereocenters. The molecule has 1 aliphatic rings. The second kappa shape index (κ2) is 4.02. The molecular formula is C5H11O7P. The SMILES string of the molecule is O=P(O)(O)OC[C@H]1OC[C@H](O)[C@H]1O. The molecule has 0 saturated carbocycles. The molecule has 0 unspecified atom stereocenters. The molecule has 4 N–H and O–H groups in total. The zero-order chi connectivity index (χ0) is 10.1. The lowest BCUT2D eigenvalue weighted by Gasteiger charge is -2.14. The molecule has 1 saturated heterocycles. The van der Waals surface area contributed by atoms with Crippen LogP contribution in [0.3, 0.4) is 0 Å². The van der Waals surface area contributed by atoms with Gasteiger partial charge in [0.2, 0.25) is 0 Å². The predicted molar refractivity (Wildman–Crippen MR) is 39.7 cm³/mol. The van der Waals surface area contributed by atoms with Crippen LogP contribution in [-0.4, -0.2) is 51.5 Å². The van der Waals surface area contributed by atoms with Crippen LogP contribution in [0.25, 0.3) is 0 Å². The molecule has 1 aliphatic heterocycles. The van der Waals surface area contributed by atoms with Gasteiger partial charge in [0.15, 0.2) is 0 Å². The molecule has 7 nitrogen and oxygen atoms in total. The summed E-state index contributed by atoms with van der Waals surface area (Å²) in [7, 11) is -4.54. The van der Waals surface area contributed by atoms with Gasteiger partial charge in [-0.15, -0.1) is 0 Å². The van der Waals surface area contributed by atoms with E-state index in [1.165, 1.54) is 0 Å². The number of hydrogen-bond acceptors (Lipinski definition) is 5. The highest BCUT2D eigenvalue weighted by atomic mass is 31.2. The fourth-order valence-corrected chi connectivity index (χ4v) is 1.33. The van der Waals surface area contributed by atoms with Crippen molar-refractivity contribution in [3.63, 3.8) is 0 Å². The summed E-state index contributed by atoms with van der Waals surface area (Å²) in [6.45, 7) is -0.501. The molecule has 8 heteroatoms. The van der Waals surface area contributed by atoms with Crippen molar-refractivity contribution in [3.05, 3.63) is 0 Å². The lowest BCUT2D eigenvalue weighted by atomic mass is 10.2. The average molecular weight is 214 g/mol. The third kappa shape index (κ3) is 3.32. The lowest BCUT2D eigenvalue weighted by molar-refractivity contribution is -0.00596. The van der Waals surface area contributed by atoms with Crippen molar-refractivity contribution in [1.82, 2.24) is 0 Å². The van der Waals surface area contributed by atoms with Gasteiger partial charge in [-0.05, 0) is 0 Å². The van der Waals surface area contributed by atoms with E-state index in [0.717, 1.165) is 0 Å². The zero-order valence-electron chi connectivity index (χ0n) is 6.61. The van der Waals surface area contributed by atoms with Crippen LogP contribution in [0.5, 0.6) is 0 Å². The van der Waals surface area contributed by atoms with Gasteiger partial charge in [-0.25, -0.2) is 4.57 Å². The first kappa shape index (κ1) is 11.1. The van der Waals surface area contributed by atoms with E-state index < -0.39 is 32.7 Å². The first-order valence-corrected chi connectivity index (χ1v) is 5.11. The van der Waals surface area contributed by atoms with E-state index >= 15 is 0 Å². The lowest BCUT2D eigenvalue weighted by Crippen LogP contribution is -2.32. The van der Waals surface area contributed by atoms with Gasteiger partial charge in [-0.2, -0.15) is 0 Å². The minimum absolute atomic E-state index is 0.0592. The molecule has 1 heterocycles. The van der Waals surface area contributed by atoms with Gasteiger partial charge >= 0.3 is 7.82 Å². The second-order valence-electron chi connectivity index (χ2n) is 2.72. The highest BCUT2D eigenvalue weighted by Gasteiger charge is 2.35. The number of aliphatic hydroxyl groups excluding tert-OH is 2. The van der Waals surface area contributed by atoms with Crippen molar-refractivity contribution in [2.24, 2.45) is 0 Å². The van der Waals surface area contributed by atoms with E-state index in [-0.39, 0.29) is 6.61 Å². The topological polar surface area (TPSA) is 116 Å². The van der Waals surface area contributed by atoms with E-state index in [1.807, 2.05) is 0 Å². The van der Waals surface area contributed by atoms with Gasteiger partial charge in [-0.3, -0.25) is 4.52 Å². The summed E-state index contributed by atoms with van der Waals surface area (Å²) >= 11 is 0. The third-order valence-electron chi connectivity index (χ3n) is 1.66. The van der Waals surface area contributed by atoms with E-state index in [4.69, 9.17) is 24.7 Å². The highest BCUT2D eigenvalue weighted by Crippen LogP contribution is 2.36. The van der Waals surface area contributed by atoms with Gasteiger partial charge < -0.3 is 24.7 Å². The average Bonchev–Trinajstić information content (AvgIpc) is 2.29. The number of hydrogen-bond donors (Lipinski definition) is 4. The Kier molecular flexibility index (Phi) is 3.42. The van der Waals surface area contributed by atoms with Crippen LogP contribution in [0.1, 0.15) is 0 Å². The first-order chi connectivity index (χ1) is 5.90. The Balaban J connectivity index is 2.35. The zero-order valence-corrected chi connectivity index (χ0v) is 7.50. The Morgan fingerprint density at radius 1 is 1.46 bits per heavy atom. The first-order valence-electron chi connectivity index (χ1n) is 3.58. The molecule has 0 aromatic heterocycles. The molecule has 0 aliphatic carbocycles. The van der Waals surface area contributed by atoms with Crippen molar-refractivity contribution in [2.45, 2.75) is 18.3 Å². The van der Waals surface area contributed by atoms with E-state index in [1.54, 1.807) is 0 Å². The van der Waals surface area contributed by atoms with E-state index in [9.17, 15) is 4.57 Å². The van der Waals surface area contributed by atoms with Crippen molar-refractivity contribution in [3.8, 4) is 0 Å². The minimum Gasteiger partial charge on any atom is -0.388 e. The fourth-order valence-electron chi connectivity index (χ4n) is 0.984.